The summed E-state index contributed by atoms with van der Waals surface area (Å²) in [4.78, 5) is 5.08. The van der Waals surface area contributed by atoms with Gasteiger partial charge in [-0.05, 0) is 39.1 Å². The Bertz CT molecular complexity index is 953. The van der Waals surface area contributed by atoms with Crippen molar-refractivity contribution in [2.24, 2.45) is 0 Å². The van der Waals surface area contributed by atoms with Crippen LogP contribution in [0.4, 0.5) is 19.6 Å². The van der Waals surface area contributed by atoms with Crippen LogP contribution in [0.2, 0.25) is 5.02 Å². The van der Waals surface area contributed by atoms with E-state index >= 15 is 0 Å². The standard InChI is InChI=1S/C17H21ClF2N4O2S2/c1-24(2)14-6-4-3-5-12(14)22-13-8-11(19)15(7-10(13)18)28(25,26)23-17-21-9-16(20)27-17/h7-9,12,14,22H,3-6H2,1-2H3,(H,21,23)/t12-,14-/m0/s1. The third-order valence-corrected chi connectivity index (χ3v) is 7.24. The average molecular weight is 451 g/mol. The van der Waals surface area contributed by atoms with Crippen LogP contribution in [0.3, 0.4) is 0 Å². The molecule has 0 radical (unpaired) electrons. The lowest BCUT2D eigenvalue weighted by Gasteiger charge is -2.37. The highest BCUT2D eigenvalue weighted by Gasteiger charge is 2.28. The van der Waals surface area contributed by atoms with Crippen LogP contribution in [0, 0.1) is 10.9 Å². The van der Waals surface area contributed by atoms with E-state index in [0.29, 0.717) is 17.0 Å². The monoisotopic (exact) mass is 450 g/mol. The number of thiazole rings is 1. The normalized spacial score (nSPS) is 20.4. The summed E-state index contributed by atoms with van der Waals surface area (Å²) in [5, 5.41) is 2.51. The maximum Gasteiger partial charge on any atom is 0.266 e. The summed E-state index contributed by atoms with van der Waals surface area (Å²) in [5.41, 5.74) is 0.345. The van der Waals surface area contributed by atoms with Gasteiger partial charge >= 0.3 is 0 Å². The number of nitrogens with one attached hydrogen (secondary N) is 2. The Labute approximate surface area is 172 Å². The quantitative estimate of drug-likeness (QED) is 0.691. The molecular weight excluding hydrogens is 430 g/mol. The molecule has 0 spiro atoms. The van der Waals surface area contributed by atoms with Gasteiger partial charge in [0.25, 0.3) is 10.0 Å². The van der Waals surface area contributed by atoms with Crippen LogP contribution in [0.1, 0.15) is 25.7 Å². The predicted octanol–water partition coefficient (Wildman–Crippen LogP) is 4.16. The van der Waals surface area contributed by atoms with E-state index in [2.05, 4.69) is 19.9 Å². The minimum atomic E-state index is -4.29. The molecule has 0 amide bonds. The zero-order valence-corrected chi connectivity index (χ0v) is 17.8. The van der Waals surface area contributed by atoms with Gasteiger partial charge in [0.15, 0.2) is 10.3 Å². The van der Waals surface area contributed by atoms with Crippen LogP contribution in [-0.2, 0) is 10.0 Å². The van der Waals surface area contributed by atoms with Gasteiger partial charge in [-0.15, -0.1) is 0 Å². The molecule has 0 bridgehead atoms. The van der Waals surface area contributed by atoms with Crippen molar-refractivity contribution in [3.05, 3.63) is 34.3 Å². The number of benzene rings is 1. The number of halogens is 3. The number of anilines is 2. The molecule has 1 saturated carbocycles. The van der Waals surface area contributed by atoms with Crippen molar-refractivity contribution >= 4 is 43.8 Å². The lowest BCUT2D eigenvalue weighted by molar-refractivity contribution is 0.211. The number of sulfonamides is 1. The molecule has 2 N–H and O–H groups in total. The first-order valence-electron chi connectivity index (χ1n) is 8.73. The van der Waals surface area contributed by atoms with Crippen molar-refractivity contribution < 1.29 is 17.2 Å². The highest BCUT2D eigenvalue weighted by molar-refractivity contribution is 7.93. The minimum Gasteiger partial charge on any atom is -0.379 e. The molecule has 2 aromatic rings. The first-order chi connectivity index (χ1) is 13.2. The second kappa shape index (κ2) is 8.48. The molecule has 1 aromatic heterocycles. The lowest BCUT2D eigenvalue weighted by Crippen LogP contribution is -2.45. The molecule has 3 rings (SSSR count). The maximum atomic E-state index is 14.6. The second-order valence-electron chi connectivity index (χ2n) is 6.90. The van der Waals surface area contributed by atoms with E-state index in [-0.39, 0.29) is 22.2 Å². The molecule has 11 heteroatoms. The van der Waals surface area contributed by atoms with Crippen LogP contribution in [0.25, 0.3) is 0 Å². The number of nitrogens with zero attached hydrogens (tertiary/aromatic N) is 2. The summed E-state index contributed by atoms with van der Waals surface area (Å²) in [7, 11) is -0.300. The van der Waals surface area contributed by atoms with Gasteiger partial charge in [-0.3, -0.25) is 4.72 Å². The van der Waals surface area contributed by atoms with Crippen LogP contribution in [-0.4, -0.2) is 44.5 Å². The van der Waals surface area contributed by atoms with Gasteiger partial charge in [-0.2, -0.15) is 4.39 Å². The zero-order valence-electron chi connectivity index (χ0n) is 15.4. The Hall–Kier alpha value is -1.49. The average Bonchev–Trinajstić information content (AvgIpc) is 3.02. The molecule has 1 fully saturated rings. The molecule has 2 atom stereocenters. The van der Waals surface area contributed by atoms with Gasteiger partial charge < -0.3 is 10.2 Å². The number of hydrogen-bond donors (Lipinski definition) is 2. The molecule has 154 valence electrons. The van der Waals surface area contributed by atoms with E-state index in [4.69, 9.17) is 11.6 Å². The summed E-state index contributed by atoms with van der Waals surface area (Å²) in [6, 6.07) is 2.50. The van der Waals surface area contributed by atoms with Crippen LogP contribution in [0.15, 0.2) is 23.2 Å². The van der Waals surface area contributed by atoms with Gasteiger partial charge in [0, 0.05) is 12.1 Å². The van der Waals surface area contributed by atoms with Gasteiger partial charge in [0.05, 0.1) is 16.9 Å². The number of likely N-dealkylation sites (N-methyl/N-ethyl adjacent to an activating group) is 1. The first kappa shape index (κ1) is 21.2. The van der Waals surface area contributed by atoms with E-state index in [0.717, 1.165) is 44.0 Å². The van der Waals surface area contributed by atoms with Crippen LogP contribution in [0.5, 0.6) is 0 Å². The molecule has 1 aromatic carbocycles. The largest absolute Gasteiger partial charge is 0.379 e. The molecule has 1 heterocycles. The molecule has 0 unspecified atom stereocenters. The van der Waals surface area contributed by atoms with Crippen molar-refractivity contribution in [3.8, 4) is 0 Å². The Kier molecular flexibility index (Phi) is 6.43. The van der Waals surface area contributed by atoms with E-state index < -0.39 is 25.9 Å². The third-order valence-electron chi connectivity index (χ3n) is 4.74. The Morgan fingerprint density at radius 3 is 2.61 bits per heavy atom. The van der Waals surface area contributed by atoms with Gasteiger partial charge in [0.1, 0.15) is 10.7 Å². The SMILES string of the molecule is CN(C)[C@H]1CCCC[C@@H]1Nc1cc(F)c(S(=O)(=O)Nc2ncc(F)s2)cc1Cl. The highest BCUT2D eigenvalue weighted by Crippen LogP contribution is 2.32. The number of rotatable bonds is 6. The van der Waals surface area contributed by atoms with E-state index in [1.807, 2.05) is 14.1 Å². The molecular formula is C17H21ClF2N4O2S2. The lowest BCUT2D eigenvalue weighted by atomic mass is 9.89. The van der Waals surface area contributed by atoms with Crippen LogP contribution >= 0.6 is 22.9 Å². The molecule has 1 aliphatic rings. The van der Waals surface area contributed by atoms with Gasteiger partial charge in [-0.25, -0.2) is 17.8 Å². The van der Waals surface area contributed by atoms with Crippen molar-refractivity contribution in [3.63, 3.8) is 0 Å². The zero-order chi connectivity index (χ0) is 20.5. The number of hydrogen-bond acceptors (Lipinski definition) is 6. The summed E-state index contributed by atoms with van der Waals surface area (Å²) in [6.07, 6.45) is 5.00. The molecule has 0 saturated heterocycles. The Morgan fingerprint density at radius 1 is 1.25 bits per heavy atom. The first-order valence-corrected chi connectivity index (χ1v) is 11.4. The van der Waals surface area contributed by atoms with E-state index in [1.165, 1.54) is 0 Å². The maximum absolute atomic E-state index is 14.6. The van der Waals surface area contributed by atoms with Crippen molar-refractivity contribution in [2.45, 2.75) is 42.7 Å². The smallest absolute Gasteiger partial charge is 0.266 e. The van der Waals surface area contributed by atoms with Crippen LogP contribution < -0.4 is 10.0 Å². The highest BCUT2D eigenvalue weighted by atomic mass is 35.5. The van der Waals surface area contributed by atoms with E-state index in [9.17, 15) is 17.2 Å². The Morgan fingerprint density at radius 2 is 1.96 bits per heavy atom. The summed E-state index contributed by atoms with van der Waals surface area (Å²) in [5.74, 6) is -0.950. The molecule has 1 aliphatic carbocycles. The summed E-state index contributed by atoms with van der Waals surface area (Å²) in [6.45, 7) is 0. The minimum absolute atomic E-state index is 0.0829. The fourth-order valence-electron chi connectivity index (χ4n) is 3.41. The summed E-state index contributed by atoms with van der Waals surface area (Å²) < 4.78 is 54.6. The fraction of sp³-hybridized carbons (Fsp3) is 0.471. The van der Waals surface area contributed by atoms with Crippen molar-refractivity contribution in [2.75, 3.05) is 24.1 Å². The van der Waals surface area contributed by atoms with Crippen molar-refractivity contribution in [1.29, 1.82) is 0 Å². The topological polar surface area (TPSA) is 74.3 Å². The molecule has 28 heavy (non-hydrogen) atoms. The Balaban J connectivity index is 1.84. The molecule has 6 nitrogen and oxygen atoms in total. The fourth-order valence-corrected chi connectivity index (χ4v) is 5.57. The number of aromatic nitrogens is 1. The van der Waals surface area contributed by atoms with Crippen molar-refractivity contribution in [1.82, 2.24) is 9.88 Å². The predicted molar refractivity (Wildman–Crippen MR) is 108 cm³/mol. The van der Waals surface area contributed by atoms with E-state index in [1.54, 1.807) is 0 Å². The van der Waals surface area contributed by atoms with Gasteiger partial charge in [0.2, 0.25) is 0 Å². The van der Waals surface area contributed by atoms with Gasteiger partial charge in [-0.1, -0.05) is 35.8 Å². The third kappa shape index (κ3) is 4.73. The summed E-state index contributed by atoms with van der Waals surface area (Å²) >= 11 is 6.76. The molecule has 0 aliphatic heterocycles. The second-order valence-corrected chi connectivity index (χ2v) is 9.94.